The molecule has 14 heteroatoms. The van der Waals surface area contributed by atoms with E-state index < -0.39 is 67.1 Å². The smallest absolute Gasteiger partial charge is 0.303 e. The predicted molar refractivity (Wildman–Crippen MR) is 125 cm³/mol. The molecule has 1 amide bonds. The lowest BCUT2D eigenvalue weighted by Crippen LogP contribution is -2.63. The molecular weight excluding hydrogens is 510 g/mol. The van der Waals surface area contributed by atoms with Gasteiger partial charge in [-0.25, -0.2) is 0 Å². The average molecular weight is 542 g/mol. The number of hydrogen-bond donors (Lipinski definition) is 2. The molecule has 38 heavy (non-hydrogen) atoms. The van der Waals surface area contributed by atoms with Crippen LogP contribution in [0, 0.1) is 0 Å². The van der Waals surface area contributed by atoms with E-state index in [0.717, 1.165) is 27.7 Å². The summed E-state index contributed by atoms with van der Waals surface area (Å²) in [5, 5.41) is 11.4. The van der Waals surface area contributed by atoms with Crippen LogP contribution in [-0.4, -0.2) is 92.5 Å². The van der Waals surface area contributed by atoms with Gasteiger partial charge in [0.2, 0.25) is 12.4 Å². The third kappa shape index (κ3) is 8.59. The van der Waals surface area contributed by atoms with Gasteiger partial charge in [-0.15, -0.1) is 0 Å². The molecule has 0 unspecified atom stereocenters. The molecule has 1 aliphatic rings. The summed E-state index contributed by atoms with van der Waals surface area (Å²) in [6, 6.07) is 4.17. The first-order valence-corrected chi connectivity index (χ1v) is 11.5. The molecule has 14 nitrogen and oxygen atoms in total. The lowest BCUT2D eigenvalue weighted by molar-refractivity contribution is -0.288. The van der Waals surface area contributed by atoms with E-state index in [0.29, 0.717) is 0 Å². The van der Waals surface area contributed by atoms with Crippen molar-refractivity contribution < 1.29 is 62.2 Å². The number of carbonyl (C=O) groups excluding carboxylic acids is 5. The van der Waals surface area contributed by atoms with Crippen LogP contribution in [0.15, 0.2) is 18.2 Å². The second kappa shape index (κ2) is 14.1. The fraction of sp³-hybridized carbons (Fsp3) is 0.542. The number of esters is 4. The van der Waals surface area contributed by atoms with E-state index in [-0.39, 0.29) is 30.2 Å². The predicted octanol–water partition coefficient (Wildman–Crippen LogP) is -0.121. The standard InChI is InChI=1S/C24H31NO13/c1-12(27)33-11-19-20(34-13(2)28)21(35-14(3)29)22(36-15(4)30)24(38-19)37-17-7-6-16(10-18(17)32-5)23(31)25-8-9-26/h6-7,10,19-22,24,26H,8-9,11H2,1-5H3,(H,25,31)/t19-,20+,21-,22-,24+/m0/s1. The highest BCUT2D eigenvalue weighted by Gasteiger charge is 2.53. The molecule has 0 spiro atoms. The number of nitrogens with one attached hydrogen (secondary N) is 1. The summed E-state index contributed by atoms with van der Waals surface area (Å²) in [6.45, 7) is 3.86. The molecule has 210 valence electrons. The molecule has 1 fully saturated rings. The lowest BCUT2D eigenvalue weighted by atomic mass is 9.98. The number of benzene rings is 1. The molecule has 0 aliphatic carbocycles. The Morgan fingerprint density at radius 2 is 1.47 bits per heavy atom. The Hall–Kier alpha value is -3.91. The number of amides is 1. The highest BCUT2D eigenvalue weighted by atomic mass is 16.7. The molecule has 1 heterocycles. The van der Waals surface area contributed by atoms with Gasteiger partial charge in [-0.05, 0) is 18.2 Å². The lowest BCUT2D eigenvalue weighted by Gasteiger charge is -2.44. The maximum atomic E-state index is 12.3. The largest absolute Gasteiger partial charge is 0.493 e. The maximum Gasteiger partial charge on any atom is 0.303 e. The van der Waals surface area contributed by atoms with Crippen LogP contribution in [0.1, 0.15) is 38.1 Å². The van der Waals surface area contributed by atoms with E-state index in [1.165, 1.54) is 25.3 Å². The van der Waals surface area contributed by atoms with E-state index in [4.69, 9.17) is 38.3 Å². The summed E-state index contributed by atoms with van der Waals surface area (Å²) in [5.41, 5.74) is 0.198. The summed E-state index contributed by atoms with van der Waals surface area (Å²) in [6.07, 6.45) is -6.85. The van der Waals surface area contributed by atoms with Crippen LogP contribution in [0.2, 0.25) is 0 Å². The summed E-state index contributed by atoms with van der Waals surface area (Å²) in [4.78, 5) is 59.5. The molecule has 2 N–H and O–H groups in total. The first-order valence-electron chi connectivity index (χ1n) is 11.5. The van der Waals surface area contributed by atoms with Crippen molar-refractivity contribution in [3.05, 3.63) is 23.8 Å². The van der Waals surface area contributed by atoms with Gasteiger partial charge < -0.3 is 43.6 Å². The van der Waals surface area contributed by atoms with Crippen LogP contribution in [0.3, 0.4) is 0 Å². The van der Waals surface area contributed by atoms with Crippen molar-refractivity contribution in [1.29, 1.82) is 0 Å². The Morgan fingerprint density at radius 1 is 0.868 bits per heavy atom. The fourth-order valence-corrected chi connectivity index (χ4v) is 3.59. The zero-order valence-corrected chi connectivity index (χ0v) is 21.6. The van der Waals surface area contributed by atoms with Crippen molar-refractivity contribution in [1.82, 2.24) is 5.32 Å². The van der Waals surface area contributed by atoms with Gasteiger partial charge in [0.25, 0.3) is 5.91 Å². The van der Waals surface area contributed by atoms with Gasteiger partial charge in [0.15, 0.2) is 23.7 Å². The van der Waals surface area contributed by atoms with Crippen LogP contribution in [0.4, 0.5) is 0 Å². The molecule has 5 atom stereocenters. The molecule has 0 bridgehead atoms. The Kier molecular flexibility index (Phi) is 11.3. The third-order valence-electron chi connectivity index (χ3n) is 5.01. The Morgan fingerprint density at radius 3 is 2.03 bits per heavy atom. The van der Waals surface area contributed by atoms with Crippen molar-refractivity contribution in [3.8, 4) is 11.5 Å². The quantitative estimate of drug-likeness (QED) is 0.280. The second-order valence-electron chi connectivity index (χ2n) is 8.03. The van der Waals surface area contributed by atoms with E-state index in [1.54, 1.807) is 0 Å². The van der Waals surface area contributed by atoms with Crippen molar-refractivity contribution in [3.63, 3.8) is 0 Å². The van der Waals surface area contributed by atoms with Gasteiger partial charge >= 0.3 is 23.9 Å². The van der Waals surface area contributed by atoms with Crippen LogP contribution >= 0.6 is 0 Å². The van der Waals surface area contributed by atoms with Gasteiger partial charge in [0.05, 0.1) is 13.7 Å². The Balaban J connectivity index is 2.48. The number of rotatable bonds is 11. The summed E-state index contributed by atoms with van der Waals surface area (Å²) in [7, 11) is 1.32. The van der Waals surface area contributed by atoms with Crippen LogP contribution in [0.5, 0.6) is 11.5 Å². The topological polar surface area (TPSA) is 182 Å². The van der Waals surface area contributed by atoms with Crippen LogP contribution in [0.25, 0.3) is 0 Å². The van der Waals surface area contributed by atoms with Crippen LogP contribution in [-0.2, 0) is 42.9 Å². The number of ether oxygens (including phenoxy) is 7. The molecule has 0 aromatic heterocycles. The van der Waals surface area contributed by atoms with Gasteiger partial charge in [0.1, 0.15) is 12.7 Å². The van der Waals surface area contributed by atoms with Crippen molar-refractivity contribution >= 4 is 29.8 Å². The number of aliphatic hydroxyl groups is 1. The molecule has 0 radical (unpaired) electrons. The minimum atomic E-state index is -1.47. The molecule has 1 aromatic rings. The van der Waals surface area contributed by atoms with Crippen molar-refractivity contribution in [2.24, 2.45) is 0 Å². The van der Waals surface area contributed by atoms with Gasteiger partial charge in [0, 0.05) is 39.8 Å². The summed E-state index contributed by atoms with van der Waals surface area (Å²) in [5.74, 6) is -3.33. The zero-order valence-electron chi connectivity index (χ0n) is 21.6. The normalized spacial score (nSPS) is 22.4. The maximum absolute atomic E-state index is 12.3. The van der Waals surface area contributed by atoms with Gasteiger partial charge in [-0.2, -0.15) is 0 Å². The number of carbonyl (C=O) groups is 5. The first-order chi connectivity index (χ1) is 18.0. The highest BCUT2D eigenvalue weighted by molar-refractivity contribution is 5.94. The minimum absolute atomic E-state index is 0.0458. The summed E-state index contributed by atoms with van der Waals surface area (Å²) < 4.78 is 38.2. The highest BCUT2D eigenvalue weighted by Crippen LogP contribution is 2.34. The second-order valence-corrected chi connectivity index (χ2v) is 8.03. The molecular formula is C24H31NO13. The summed E-state index contributed by atoms with van der Waals surface area (Å²) >= 11 is 0. The molecule has 1 saturated heterocycles. The fourth-order valence-electron chi connectivity index (χ4n) is 3.59. The Labute approximate surface area is 218 Å². The van der Waals surface area contributed by atoms with Crippen molar-refractivity contribution in [2.45, 2.75) is 58.4 Å². The van der Waals surface area contributed by atoms with Crippen molar-refractivity contribution in [2.75, 3.05) is 26.9 Å². The Bertz CT molecular complexity index is 1030. The first kappa shape index (κ1) is 30.3. The third-order valence-corrected chi connectivity index (χ3v) is 5.01. The number of hydrogen-bond acceptors (Lipinski definition) is 13. The number of aliphatic hydroxyl groups excluding tert-OH is 1. The van der Waals surface area contributed by atoms with E-state index in [1.807, 2.05) is 0 Å². The average Bonchev–Trinajstić information content (AvgIpc) is 2.84. The van der Waals surface area contributed by atoms with E-state index in [2.05, 4.69) is 5.32 Å². The molecule has 1 aliphatic heterocycles. The minimum Gasteiger partial charge on any atom is -0.493 e. The van der Waals surface area contributed by atoms with Gasteiger partial charge in [-0.1, -0.05) is 0 Å². The molecule has 0 saturated carbocycles. The monoisotopic (exact) mass is 541 g/mol. The van der Waals surface area contributed by atoms with E-state index in [9.17, 15) is 24.0 Å². The SMILES string of the molecule is COc1cc(C(=O)NCCO)ccc1O[C@@H]1O[C@@H](COC(C)=O)[C@@H](OC(C)=O)[C@H](OC(C)=O)[C@@H]1OC(C)=O. The number of methoxy groups -OCH3 is 1. The molecule has 1 aromatic carbocycles. The van der Waals surface area contributed by atoms with E-state index >= 15 is 0 Å². The molecule has 2 rings (SSSR count). The van der Waals surface area contributed by atoms with Crippen LogP contribution < -0.4 is 14.8 Å². The van der Waals surface area contributed by atoms with Gasteiger partial charge in [-0.3, -0.25) is 24.0 Å². The zero-order chi connectivity index (χ0) is 28.4.